The number of alkyl halides is 3. The molecule has 7 nitrogen and oxygen atoms in total. The molecular formula is C20H22F3N5O2. The molecule has 0 unspecified atom stereocenters. The standard InChI is InChI=1S/C20H22F3N5O2/c21-20(22,23)30-14-3-4-15(16(24)11-14)18(29)28-9-6-12(7-10-28)17-5-8-25-19(27-17)26-13-1-2-13/h3-5,8,11-13H,1-2,6-7,9-10,24H2,(H,25,26,27). The number of ether oxygens (including phenoxy) is 1. The summed E-state index contributed by atoms with van der Waals surface area (Å²) >= 11 is 0. The summed E-state index contributed by atoms with van der Waals surface area (Å²) in [6.45, 7) is 1.03. The third kappa shape index (κ3) is 4.92. The van der Waals surface area contributed by atoms with Crippen molar-refractivity contribution in [2.24, 2.45) is 0 Å². The molecule has 1 aliphatic carbocycles. The van der Waals surface area contributed by atoms with Gasteiger partial charge in [-0.05, 0) is 43.9 Å². The van der Waals surface area contributed by atoms with E-state index in [1.54, 1.807) is 11.1 Å². The Hall–Kier alpha value is -3.04. The highest BCUT2D eigenvalue weighted by Crippen LogP contribution is 2.31. The van der Waals surface area contributed by atoms with Crippen LogP contribution < -0.4 is 15.8 Å². The molecule has 0 spiro atoms. The first-order valence-electron chi connectivity index (χ1n) is 9.82. The van der Waals surface area contributed by atoms with Crippen LogP contribution in [0.5, 0.6) is 5.75 Å². The third-order valence-electron chi connectivity index (χ3n) is 5.28. The van der Waals surface area contributed by atoms with Gasteiger partial charge in [0.05, 0.1) is 5.56 Å². The fraction of sp³-hybridized carbons (Fsp3) is 0.450. The van der Waals surface area contributed by atoms with Gasteiger partial charge in [0.2, 0.25) is 5.95 Å². The molecule has 2 aliphatic rings. The van der Waals surface area contributed by atoms with Crippen LogP contribution in [0, 0.1) is 0 Å². The lowest BCUT2D eigenvalue weighted by Crippen LogP contribution is -2.38. The van der Waals surface area contributed by atoms with Crippen LogP contribution in [0.4, 0.5) is 24.8 Å². The molecular weight excluding hydrogens is 399 g/mol. The Balaban J connectivity index is 1.37. The van der Waals surface area contributed by atoms with Gasteiger partial charge in [0, 0.05) is 48.7 Å². The number of nitrogens with two attached hydrogens (primary N) is 1. The molecule has 1 saturated carbocycles. The Morgan fingerprint density at radius 1 is 1.17 bits per heavy atom. The van der Waals surface area contributed by atoms with Crippen LogP contribution in [0.1, 0.15) is 47.7 Å². The topological polar surface area (TPSA) is 93.4 Å². The second-order valence-corrected chi connectivity index (χ2v) is 7.59. The normalized spacial score (nSPS) is 17.6. The molecule has 0 bridgehead atoms. The number of hydrogen-bond donors (Lipinski definition) is 2. The lowest BCUT2D eigenvalue weighted by molar-refractivity contribution is -0.274. The Labute approximate surface area is 171 Å². The summed E-state index contributed by atoms with van der Waals surface area (Å²) in [7, 11) is 0. The lowest BCUT2D eigenvalue weighted by atomic mass is 9.93. The average Bonchev–Trinajstić information content (AvgIpc) is 3.51. The second kappa shape index (κ2) is 8.00. The molecule has 30 heavy (non-hydrogen) atoms. The van der Waals surface area contributed by atoms with E-state index in [1.165, 1.54) is 6.07 Å². The summed E-state index contributed by atoms with van der Waals surface area (Å²) in [5.41, 5.74) is 6.88. The van der Waals surface area contributed by atoms with E-state index in [1.807, 2.05) is 6.07 Å². The van der Waals surface area contributed by atoms with E-state index < -0.39 is 12.1 Å². The fourth-order valence-corrected chi connectivity index (χ4v) is 3.56. The van der Waals surface area contributed by atoms with Crippen molar-refractivity contribution in [3.05, 3.63) is 41.7 Å². The van der Waals surface area contributed by atoms with Gasteiger partial charge in [-0.25, -0.2) is 9.97 Å². The first-order valence-corrected chi connectivity index (χ1v) is 9.82. The van der Waals surface area contributed by atoms with E-state index in [9.17, 15) is 18.0 Å². The van der Waals surface area contributed by atoms with E-state index in [2.05, 4.69) is 20.0 Å². The summed E-state index contributed by atoms with van der Waals surface area (Å²) in [6.07, 6.45) is 0.688. The lowest BCUT2D eigenvalue weighted by Gasteiger charge is -2.32. The van der Waals surface area contributed by atoms with Crippen molar-refractivity contribution < 1.29 is 22.7 Å². The van der Waals surface area contributed by atoms with Crippen LogP contribution >= 0.6 is 0 Å². The van der Waals surface area contributed by atoms with Crippen molar-refractivity contribution in [1.29, 1.82) is 0 Å². The summed E-state index contributed by atoms with van der Waals surface area (Å²) in [5.74, 6) is 0.108. The molecule has 1 amide bonds. The highest BCUT2D eigenvalue weighted by Gasteiger charge is 2.32. The van der Waals surface area contributed by atoms with Gasteiger partial charge in [-0.2, -0.15) is 0 Å². The Morgan fingerprint density at radius 3 is 2.53 bits per heavy atom. The average molecular weight is 421 g/mol. The summed E-state index contributed by atoms with van der Waals surface area (Å²) in [5, 5.41) is 3.29. The zero-order valence-electron chi connectivity index (χ0n) is 16.2. The predicted octanol–water partition coefficient (Wildman–Crippen LogP) is 3.55. The maximum Gasteiger partial charge on any atom is 0.573 e. The number of piperidine rings is 1. The van der Waals surface area contributed by atoms with Crippen molar-refractivity contribution in [3.8, 4) is 5.75 Å². The summed E-state index contributed by atoms with van der Waals surface area (Å²) in [4.78, 5) is 23.3. The molecule has 1 aliphatic heterocycles. The molecule has 1 saturated heterocycles. The van der Waals surface area contributed by atoms with Crippen LogP contribution in [0.25, 0.3) is 0 Å². The number of nitrogen functional groups attached to an aromatic ring is 1. The zero-order chi connectivity index (χ0) is 21.3. The first-order chi connectivity index (χ1) is 14.3. The number of hydrogen-bond acceptors (Lipinski definition) is 6. The quantitative estimate of drug-likeness (QED) is 0.718. The van der Waals surface area contributed by atoms with Crippen LogP contribution in [0.2, 0.25) is 0 Å². The molecule has 2 fully saturated rings. The van der Waals surface area contributed by atoms with E-state index in [-0.39, 0.29) is 23.1 Å². The maximum absolute atomic E-state index is 12.8. The molecule has 10 heteroatoms. The van der Waals surface area contributed by atoms with Crippen molar-refractivity contribution >= 4 is 17.5 Å². The smallest absolute Gasteiger partial charge is 0.406 e. The molecule has 160 valence electrons. The number of nitrogens with one attached hydrogen (secondary N) is 1. The number of carbonyl (C=O) groups excluding carboxylic acids is 1. The number of amides is 1. The van der Waals surface area contributed by atoms with Gasteiger partial charge in [-0.3, -0.25) is 4.79 Å². The minimum Gasteiger partial charge on any atom is -0.406 e. The van der Waals surface area contributed by atoms with Gasteiger partial charge < -0.3 is 20.7 Å². The number of benzene rings is 1. The van der Waals surface area contributed by atoms with Crippen LogP contribution in [-0.2, 0) is 0 Å². The monoisotopic (exact) mass is 421 g/mol. The Kier molecular flexibility index (Phi) is 5.40. The van der Waals surface area contributed by atoms with Gasteiger partial charge in [0.1, 0.15) is 5.75 Å². The molecule has 2 heterocycles. The van der Waals surface area contributed by atoms with Crippen LogP contribution in [-0.4, -0.2) is 46.3 Å². The first kappa shape index (κ1) is 20.2. The fourth-order valence-electron chi connectivity index (χ4n) is 3.56. The molecule has 1 aromatic carbocycles. The molecule has 0 atom stereocenters. The minimum atomic E-state index is -4.81. The van der Waals surface area contributed by atoms with E-state index in [0.717, 1.165) is 43.5 Å². The number of anilines is 2. The molecule has 0 radical (unpaired) electrons. The highest BCUT2D eigenvalue weighted by atomic mass is 19.4. The van der Waals surface area contributed by atoms with Gasteiger partial charge in [0.15, 0.2) is 0 Å². The van der Waals surface area contributed by atoms with Crippen molar-refractivity contribution in [1.82, 2.24) is 14.9 Å². The molecule has 4 rings (SSSR count). The van der Waals surface area contributed by atoms with Crippen molar-refractivity contribution in [2.75, 3.05) is 24.1 Å². The number of likely N-dealkylation sites (tertiary alicyclic amines) is 1. The van der Waals surface area contributed by atoms with Gasteiger partial charge in [-0.1, -0.05) is 0 Å². The largest absolute Gasteiger partial charge is 0.573 e. The number of nitrogens with zero attached hydrogens (tertiary/aromatic N) is 3. The number of carbonyl (C=O) groups is 1. The Bertz CT molecular complexity index is 925. The van der Waals surface area contributed by atoms with E-state index in [0.29, 0.717) is 25.1 Å². The minimum absolute atomic E-state index is 0.0459. The van der Waals surface area contributed by atoms with E-state index in [4.69, 9.17) is 5.73 Å². The van der Waals surface area contributed by atoms with E-state index >= 15 is 0 Å². The zero-order valence-corrected chi connectivity index (χ0v) is 16.2. The molecule has 1 aromatic heterocycles. The number of aromatic nitrogens is 2. The maximum atomic E-state index is 12.8. The SMILES string of the molecule is Nc1cc(OC(F)(F)F)ccc1C(=O)N1CCC(c2ccnc(NC3CC3)n2)CC1. The van der Waals surface area contributed by atoms with Gasteiger partial charge in [-0.15, -0.1) is 13.2 Å². The third-order valence-corrected chi connectivity index (χ3v) is 5.28. The van der Waals surface area contributed by atoms with Crippen molar-refractivity contribution in [2.45, 2.75) is 44.0 Å². The number of halogens is 3. The van der Waals surface area contributed by atoms with Gasteiger partial charge in [0.25, 0.3) is 5.91 Å². The van der Waals surface area contributed by atoms with Gasteiger partial charge >= 0.3 is 6.36 Å². The second-order valence-electron chi connectivity index (χ2n) is 7.59. The number of rotatable bonds is 5. The van der Waals surface area contributed by atoms with Crippen molar-refractivity contribution in [3.63, 3.8) is 0 Å². The predicted molar refractivity (Wildman–Crippen MR) is 104 cm³/mol. The highest BCUT2D eigenvalue weighted by molar-refractivity contribution is 5.99. The molecule has 3 N–H and O–H groups in total. The van der Waals surface area contributed by atoms with Crippen LogP contribution in [0.15, 0.2) is 30.5 Å². The molecule has 2 aromatic rings. The van der Waals surface area contributed by atoms with Crippen LogP contribution in [0.3, 0.4) is 0 Å². The summed E-state index contributed by atoms with van der Waals surface area (Å²) in [6, 6.07) is 5.75. The Morgan fingerprint density at radius 2 is 1.90 bits per heavy atom. The summed E-state index contributed by atoms with van der Waals surface area (Å²) < 4.78 is 40.9.